The summed E-state index contributed by atoms with van der Waals surface area (Å²) in [7, 11) is 0. The van der Waals surface area contributed by atoms with Gasteiger partial charge in [0.15, 0.2) is 0 Å². The Morgan fingerprint density at radius 2 is 2.00 bits per heavy atom. The Morgan fingerprint density at radius 3 is 2.59 bits per heavy atom. The van der Waals surface area contributed by atoms with E-state index >= 15 is 0 Å². The summed E-state index contributed by atoms with van der Waals surface area (Å²) in [5.74, 6) is 0. The lowest BCUT2D eigenvalue weighted by atomic mass is 10.2. The van der Waals surface area contributed by atoms with Crippen molar-refractivity contribution in [1.29, 1.82) is 0 Å². The molecular formula is C10H8F3N3S. The maximum atomic E-state index is 12.5. The van der Waals surface area contributed by atoms with E-state index < -0.39 is 11.7 Å². The van der Waals surface area contributed by atoms with Crippen molar-refractivity contribution in [3.8, 4) is 0 Å². The first-order chi connectivity index (χ1) is 7.95. The van der Waals surface area contributed by atoms with Crippen LogP contribution in [0.2, 0.25) is 0 Å². The average molecular weight is 259 g/mol. The molecule has 90 valence electrons. The minimum Gasteiger partial charge on any atom is -0.330 e. The molecule has 0 unspecified atom stereocenters. The third-order valence-electron chi connectivity index (χ3n) is 1.97. The standard InChI is InChI=1S/C10H8F3N3S/c1-6-15-16-9(17-6)14-8-4-2-3-7(5-8)10(11,12)13/h2-5H,1H3,(H,14,16). The molecule has 0 saturated carbocycles. The van der Waals surface area contributed by atoms with Crippen LogP contribution in [0.25, 0.3) is 0 Å². The molecule has 0 radical (unpaired) electrons. The summed E-state index contributed by atoms with van der Waals surface area (Å²) in [5.41, 5.74) is -0.347. The molecule has 17 heavy (non-hydrogen) atoms. The van der Waals surface area contributed by atoms with Gasteiger partial charge in [0.25, 0.3) is 0 Å². The highest BCUT2D eigenvalue weighted by Crippen LogP contribution is 2.31. The van der Waals surface area contributed by atoms with Gasteiger partial charge in [-0.2, -0.15) is 13.2 Å². The first kappa shape index (κ1) is 11.8. The number of benzene rings is 1. The van der Waals surface area contributed by atoms with Crippen LogP contribution in [0.5, 0.6) is 0 Å². The van der Waals surface area contributed by atoms with Crippen LogP contribution < -0.4 is 5.32 Å². The fourth-order valence-corrected chi connectivity index (χ4v) is 1.86. The molecular weight excluding hydrogens is 251 g/mol. The molecule has 0 amide bonds. The second kappa shape index (κ2) is 4.33. The third-order valence-corrected chi connectivity index (χ3v) is 2.72. The summed E-state index contributed by atoms with van der Waals surface area (Å²) in [5, 5.41) is 11.6. The van der Waals surface area contributed by atoms with Crippen LogP contribution >= 0.6 is 11.3 Å². The summed E-state index contributed by atoms with van der Waals surface area (Å²) < 4.78 is 37.4. The van der Waals surface area contributed by atoms with Crippen molar-refractivity contribution in [2.24, 2.45) is 0 Å². The molecule has 3 nitrogen and oxygen atoms in total. The summed E-state index contributed by atoms with van der Waals surface area (Å²) in [4.78, 5) is 0. The van der Waals surface area contributed by atoms with E-state index in [0.29, 0.717) is 10.8 Å². The minimum atomic E-state index is -4.34. The topological polar surface area (TPSA) is 37.8 Å². The van der Waals surface area contributed by atoms with Gasteiger partial charge in [-0.05, 0) is 25.1 Å². The van der Waals surface area contributed by atoms with Crippen LogP contribution in [0.15, 0.2) is 24.3 Å². The Hall–Kier alpha value is -1.63. The van der Waals surface area contributed by atoms with Crippen LogP contribution in [0, 0.1) is 6.92 Å². The Balaban J connectivity index is 2.22. The first-order valence-corrected chi connectivity index (χ1v) is 5.51. The second-order valence-corrected chi connectivity index (χ2v) is 4.51. The van der Waals surface area contributed by atoms with Crippen molar-refractivity contribution in [3.63, 3.8) is 0 Å². The second-order valence-electron chi connectivity index (χ2n) is 3.33. The molecule has 1 N–H and O–H groups in total. The monoisotopic (exact) mass is 259 g/mol. The van der Waals surface area contributed by atoms with Gasteiger partial charge >= 0.3 is 6.18 Å². The largest absolute Gasteiger partial charge is 0.416 e. The molecule has 1 aromatic carbocycles. The normalized spacial score (nSPS) is 11.5. The Labute approximate surface area is 99.3 Å². The molecule has 7 heteroatoms. The Kier molecular flexibility index (Phi) is 3.01. The number of hydrogen-bond donors (Lipinski definition) is 1. The fourth-order valence-electron chi connectivity index (χ4n) is 1.24. The van der Waals surface area contributed by atoms with Crippen LogP contribution in [-0.4, -0.2) is 10.2 Å². The zero-order valence-corrected chi connectivity index (χ0v) is 9.56. The van der Waals surface area contributed by atoms with E-state index in [1.165, 1.54) is 17.4 Å². The van der Waals surface area contributed by atoms with Gasteiger partial charge in [0.05, 0.1) is 5.56 Å². The van der Waals surface area contributed by atoms with Gasteiger partial charge in [-0.1, -0.05) is 17.4 Å². The molecule has 2 aromatic rings. The number of alkyl halides is 3. The average Bonchev–Trinajstić information content (AvgIpc) is 2.63. The van der Waals surface area contributed by atoms with Crippen molar-refractivity contribution < 1.29 is 13.2 Å². The van der Waals surface area contributed by atoms with Crippen LogP contribution in [-0.2, 0) is 6.18 Å². The number of nitrogens with one attached hydrogen (secondary N) is 1. The van der Waals surface area contributed by atoms with E-state index in [1.54, 1.807) is 13.0 Å². The van der Waals surface area contributed by atoms with Crippen molar-refractivity contribution in [1.82, 2.24) is 10.2 Å². The quantitative estimate of drug-likeness (QED) is 0.895. The van der Waals surface area contributed by atoms with Gasteiger partial charge in [0, 0.05) is 5.69 Å². The molecule has 0 bridgehead atoms. The maximum Gasteiger partial charge on any atom is 0.416 e. The summed E-state index contributed by atoms with van der Waals surface area (Å²) in [6, 6.07) is 4.96. The number of anilines is 2. The molecule has 0 aliphatic heterocycles. The van der Waals surface area contributed by atoms with Gasteiger partial charge in [-0.3, -0.25) is 0 Å². The van der Waals surface area contributed by atoms with Crippen molar-refractivity contribution in [2.45, 2.75) is 13.1 Å². The van der Waals surface area contributed by atoms with Crippen molar-refractivity contribution in [2.75, 3.05) is 5.32 Å². The molecule has 1 aromatic heterocycles. The number of rotatable bonds is 2. The zero-order chi connectivity index (χ0) is 12.5. The van der Waals surface area contributed by atoms with E-state index in [0.717, 1.165) is 17.1 Å². The molecule has 0 spiro atoms. The fraction of sp³-hybridized carbons (Fsp3) is 0.200. The first-order valence-electron chi connectivity index (χ1n) is 4.69. The molecule has 0 fully saturated rings. The van der Waals surface area contributed by atoms with Gasteiger partial charge in [-0.25, -0.2) is 0 Å². The van der Waals surface area contributed by atoms with Crippen molar-refractivity contribution in [3.05, 3.63) is 34.8 Å². The van der Waals surface area contributed by atoms with Crippen LogP contribution in [0.1, 0.15) is 10.6 Å². The Bertz CT molecular complexity index is 522. The highest BCUT2D eigenvalue weighted by molar-refractivity contribution is 7.15. The van der Waals surface area contributed by atoms with E-state index in [-0.39, 0.29) is 0 Å². The van der Waals surface area contributed by atoms with E-state index in [1.807, 2.05) is 0 Å². The van der Waals surface area contributed by atoms with Crippen LogP contribution in [0.4, 0.5) is 24.0 Å². The molecule has 0 aliphatic carbocycles. The number of nitrogens with zero attached hydrogens (tertiary/aromatic N) is 2. The van der Waals surface area contributed by atoms with Gasteiger partial charge in [-0.15, -0.1) is 10.2 Å². The zero-order valence-electron chi connectivity index (χ0n) is 8.75. The number of aryl methyl sites for hydroxylation is 1. The number of halogens is 3. The summed E-state index contributed by atoms with van der Waals surface area (Å²) >= 11 is 1.28. The predicted molar refractivity (Wildman–Crippen MR) is 59.4 cm³/mol. The lowest BCUT2D eigenvalue weighted by molar-refractivity contribution is -0.137. The van der Waals surface area contributed by atoms with Crippen LogP contribution in [0.3, 0.4) is 0 Å². The number of hydrogen-bond acceptors (Lipinski definition) is 4. The predicted octanol–water partition coefficient (Wildman–Crippen LogP) is 3.61. The van der Waals surface area contributed by atoms with E-state index in [9.17, 15) is 13.2 Å². The molecule has 0 aliphatic rings. The molecule has 2 rings (SSSR count). The van der Waals surface area contributed by atoms with E-state index in [4.69, 9.17) is 0 Å². The third kappa shape index (κ3) is 2.94. The molecule has 1 heterocycles. The summed E-state index contributed by atoms with van der Waals surface area (Å²) in [6.07, 6.45) is -4.34. The SMILES string of the molecule is Cc1nnc(Nc2cccc(C(F)(F)F)c2)s1. The maximum absolute atomic E-state index is 12.5. The van der Waals surface area contributed by atoms with E-state index in [2.05, 4.69) is 15.5 Å². The van der Waals surface area contributed by atoms with Crippen molar-refractivity contribution >= 4 is 22.2 Å². The number of aromatic nitrogens is 2. The summed E-state index contributed by atoms with van der Waals surface area (Å²) in [6.45, 7) is 1.77. The lowest BCUT2D eigenvalue weighted by Gasteiger charge is -2.08. The smallest absolute Gasteiger partial charge is 0.330 e. The lowest BCUT2D eigenvalue weighted by Crippen LogP contribution is -2.05. The molecule has 0 saturated heterocycles. The van der Waals surface area contributed by atoms with Gasteiger partial charge in [0.1, 0.15) is 5.01 Å². The highest BCUT2D eigenvalue weighted by Gasteiger charge is 2.30. The van der Waals surface area contributed by atoms with Gasteiger partial charge in [0.2, 0.25) is 5.13 Å². The van der Waals surface area contributed by atoms with Gasteiger partial charge < -0.3 is 5.32 Å². The minimum absolute atomic E-state index is 0.343. The Morgan fingerprint density at radius 1 is 1.24 bits per heavy atom. The highest BCUT2D eigenvalue weighted by atomic mass is 32.1. The molecule has 0 atom stereocenters.